The SMILES string of the molecule is CCN(CC)CCN(Cc1ccc(-c2ccc(Cl)cc2)cc1)C(=O)Cc1nc(SCc2ccc(F)cc2)[nH]c(=O)c1C. The monoisotopic (exact) mass is 606 g/mol. The van der Waals surface area contributed by atoms with E-state index in [9.17, 15) is 14.0 Å². The van der Waals surface area contributed by atoms with E-state index >= 15 is 0 Å². The first kappa shape index (κ1) is 31.5. The third kappa shape index (κ3) is 8.77. The number of benzene rings is 3. The lowest BCUT2D eigenvalue weighted by atomic mass is 10.0. The molecule has 0 atom stereocenters. The van der Waals surface area contributed by atoms with Crippen molar-refractivity contribution in [3.05, 3.63) is 116 Å². The van der Waals surface area contributed by atoms with Gasteiger partial charge in [0.1, 0.15) is 5.82 Å². The number of amides is 1. The molecule has 0 unspecified atom stereocenters. The highest BCUT2D eigenvalue weighted by molar-refractivity contribution is 7.98. The van der Waals surface area contributed by atoms with Crippen molar-refractivity contribution >= 4 is 29.3 Å². The largest absolute Gasteiger partial charge is 0.337 e. The maximum Gasteiger partial charge on any atom is 0.254 e. The number of carbonyl (C=O) groups excluding carboxylic acids is 1. The predicted molar refractivity (Wildman–Crippen MR) is 169 cm³/mol. The Morgan fingerprint density at radius 1 is 0.905 bits per heavy atom. The van der Waals surface area contributed by atoms with Crippen molar-refractivity contribution in [3.63, 3.8) is 0 Å². The molecule has 1 amide bonds. The quantitative estimate of drug-likeness (QED) is 0.135. The minimum absolute atomic E-state index is 0.0287. The van der Waals surface area contributed by atoms with Crippen molar-refractivity contribution in [1.29, 1.82) is 0 Å². The molecule has 6 nitrogen and oxygen atoms in total. The summed E-state index contributed by atoms with van der Waals surface area (Å²) >= 11 is 7.38. The van der Waals surface area contributed by atoms with Gasteiger partial charge in [0.25, 0.3) is 5.56 Å². The Labute approximate surface area is 255 Å². The van der Waals surface area contributed by atoms with Crippen LogP contribution in [0.3, 0.4) is 0 Å². The van der Waals surface area contributed by atoms with Gasteiger partial charge >= 0.3 is 0 Å². The Morgan fingerprint density at radius 3 is 2.12 bits per heavy atom. The van der Waals surface area contributed by atoms with Gasteiger partial charge in [-0.05, 0) is 66.5 Å². The van der Waals surface area contributed by atoms with E-state index in [1.807, 2.05) is 41.3 Å². The van der Waals surface area contributed by atoms with Crippen LogP contribution in [0.1, 0.15) is 36.2 Å². The van der Waals surface area contributed by atoms with Crippen LogP contribution in [-0.2, 0) is 23.5 Å². The molecule has 4 rings (SSSR count). The molecular weight excluding hydrogens is 571 g/mol. The van der Waals surface area contributed by atoms with Crippen molar-refractivity contribution in [3.8, 4) is 11.1 Å². The molecule has 0 aliphatic carbocycles. The summed E-state index contributed by atoms with van der Waals surface area (Å²) in [4.78, 5) is 38.0. The zero-order chi connectivity index (χ0) is 30.1. The van der Waals surface area contributed by atoms with Crippen molar-refractivity contribution in [2.45, 2.75) is 44.6 Å². The summed E-state index contributed by atoms with van der Waals surface area (Å²) < 4.78 is 13.3. The second-order valence-electron chi connectivity index (χ2n) is 10.1. The smallest absolute Gasteiger partial charge is 0.254 e. The topological polar surface area (TPSA) is 69.3 Å². The van der Waals surface area contributed by atoms with Crippen molar-refractivity contribution in [1.82, 2.24) is 19.8 Å². The molecule has 0 aliphatic heterocycles. The van der Waals surface area contributed by atoms with Gasteiger partial charge in [-0.25, -0.2) is 9.37 Å². The summed E-state index contributed by atoms with van der Waals surface area (Å²) in [5.41, 5.74) is 4.72. The number of likely N-dealkylation sites (N-methyl/N-ethyl adjacent to an activating group) is 1. The van der Waals surface area contributed by atoms with Crippen LogP contribution in [0.2, 0.25) is 5.02 Å². The van der Waals surface area contributed by atoms with Gasteiger partial charge in [0.15, 0.2) is 5.16 Å². The van der Waals surface area contributed by atoms with Gasteiger partial charge in [0.05, 0.1) is 12.1 Å². The lowest BCUT2D eigenvalue weighted by Gasteiger charge is -2.27. The minimum Gasteiger partial charge on any atom is -0.337 e. The van der Waals surface area contributed by atoms with Gasteiger partial charge in [0.2, 0.25) is 5.91 Å². The molecule has 0 aliphatic rings. The lowest BCUT2D eigenvalue weighted by Crippen LogP contribution is -2.39. The molecule has 1 aromatic heterocycles. The number of rotatable bonds is 13. The molecule has 0 radical (unpaired) electrons. The zero-order valence-electron chi connectivity index (χ0n) is 24.2. The zero-order valence-corrected chi connectivity index (χ0v) is 25.8. The second-order valence-corrected chi connectivity index (χ2v) is 11.5. The van der Waals surface area contributed by atoms with E-state index in [4.69, 9.17) is 11.6 Å². The third-order valence-corrected chi connectivity index (χ3v) is 8.47. The molecule has 0 saturated carbocycles. The fourth-order valence-corrected chi connectivity index (χ4v) is 5.50. The number of hydrogen-bond acceptors (Lipinski definition) is 5. The highest BCUT2D eigenvalue weighted by Gasteiger charge is 2.19. The predicted octanol–water partition coefficient (Wildman–Crippen LogP) is 6.74. The van der Waals surface area contributed by atoms with E-state index in [0.29, 0.717) is 40.3 Å². The number of thioether (sulfide) groups is 1. The number of H-pyrrole nitrogens is 1. The number of nitrogens with zero attached hydrogens (tertiary/aromatic N) is 3. The Balaban J connectivity index is 1.50. The molecule has 0 saturated heterocycles. The first-order valence-electron chi connectivity index (χ1n) is 14.1. The number of aromatic nitrogens is 2. The number of hydrogen-bond donors (Lipinski definition) is 1. The van der Waals surface area contributed by atoms with Gasteiger partial charge < -0.3 is 14.8 Å². The molecule has 1 N–H and O–H groups in total. The first-order valence-corrected chi connectivity index (χ1v) is 15.4. The van der Waals surface area contributed by atoms with E-state index in [1.165, 1.54) is 23.9 Å². The fraction of sp³-hybridized carbons (Fsp3) is 0.303. The van der Waals surface area contributed by atoms with Crippen molar-refractivity contribution in [2.75, 3.05) is 26.2 Å². The standard InChI is InChI=1S/C33H36ClFN4O2S/c1-4-38(5-2)18-19-39(21-24-6-10-26(11-7-24)27-12-14-28(34)15-13-27)31(40)20-30-23(3)32(41)37-33(36-30)42-22-25-8-16-29(35)17-9-25/h6-17H,4-5,18-22H2,1-3H3,(H,36,37,41). The van der Waals surface area contributed by atoms with Gasteiger partial charge in [-0.15, -0.1) is 0 Å². The fourth-order valence-electron chi connectivity index (χ4n) is 4.54. The summed E-state index contributed by atoms with van der Waals surface area (Å²) in [5, 5.41) is 1.13. The van der Waals surface area contributed by atoms with Crippen LogP contribution < -0.4 is 5.56 Å². The molecule has 0 bridgehead atoms. The molecule has 0 fully saturated rings. The third-order valence-electron chi connectivity index (χ3n) is 7.28. The number of aromatic amines is 1. The molecule has 1 heterocycles. The highest BCUT2D eigenvalue weighted by Crippen LogP contribution is 2.23. The van der Waals surface area contributed by atoms with E-state index < -0.39 is 0 Å². The van der Waals surface area contributed by atoms with Gasteiger partial charge in [-0.1, -0.05) is 85.7 Å². The minimum atomic E-state index is -0.297. The summed E-state index contributed by atoms with van der Waals surface area (Å²) in [6.45, 7) is 9.49. The number of halogens is 2. The van der Waals surface area contributed by atoms with Crippen molar-refractivity contribution in [2.24, 2.45) is 0 Å². The molecule has 9 heteroatoms. The molecular formula is C33H36ClFN4O2S. The van der Waals surface area contributed by atoms with Gasteiger partial charge in [-0.2, -0.15) is 0 Å². The average molecular weight is 607 g/mol. The molecule has 0 spiro atoms. The number of carbonyl (C=O) groups is 1. The van der Waals surface area contributed by atoms with Gasteiger partial charge in [0, 0.05) is 36.0 Å². The molecule has 4 aromatic rings. The summed E-state index contributed by atoms with van der Waals surface area (Å²) in [6, 6.07) is 22.1. The Hall–Kier alpha value is -3.46. The van der Waals surface area contributed by atoms with E-state index in [1.54, 1.807) is 19.1 Å². The van der Waals surface area contributed by atoms with Crippen molar-refractivity contribution < 1.29 is 9.18 Å². The second kappa shape index (κ2) is 15.1. The summed E-state index contributed by atoms with van der Waals surface area (Å²) in [7, 11) is 0. The Bertz CT molecular complexity index is 1520. The highest BCUT2D eigenvalue weighted by atomic mass is 35.5. The molecule has 220 valence electrons. The Kier molecular flexibility index (Phi) is 11.3. The lowest BCUT2D eigenvalue weighted by molar-refractivity contribution is -0.131. The van der Waals surface area contributed by atoms with Crippen LogP contribution in [-0.4, -0.2) is 51.9 Å². The normalized spacial score (nSPS) is 11.2. The van der Waals surface area contributed by atoms with E-state index in [2.05, 4.69) is 40.8 Å². The van der Waals surface area contributed by atoms with Crippen LogP contribution in [0.15, 0.2) is 82.7 Å². The van der Waals surface area contributed by atoms with Crippen LogP contribution in [0.25, 0.3) is 11.1 Å². The summed E-state index contributed by atoms with van der Waals surface area (Å²) in [5.74, 6) is 0.135. The summed E-state index contributed by atoms with van der Waals surface area (Å²) in [6.07, 6.45) is 0.0287. The van der Waals surface area contributed by atoms with E-state index in [-0.39, 0.29) is 23.7 Å². The van der Waals surface area contributed by atoms with E-state index in [0.717, 1.165) is 41.9 Å². The first-order chi connectivity index (χ1) is 20.2. The molecule has 3 aromatic carbocycles. The van der Waals surface area contributed by atoms with Crippen LogP contribution in [0, 0.1) is 12.7 Å². The Morgan fingerprint density at radius 2 is 1.50 bits per heavy atom. The van der Waals surface area contributed by atoms with Crippen LogP contribution in [0.4, 0.5) is 4.39 Å². The maximum atomic E-state index is 13.7. The molecule has 42 heavy (non-hydrogen) atoms. The van der Waals surface area contributed by atoms with Crippen LogP contribution in [0.5, 0.6) is 0 Å². The number of nitrogens with one attached hydrogen (secondary N) is 1. The average Bonchev–Trinajstić information content (AvgIpc) is 3.00. The van der Waals surface area contributed by atoms with Gasteiger partial charge in [-0.3, -0.25) is 9.59 Å². The maximum absolute atomic E-state index is 13.7. The van der Waals surface area contributed by atoms with Crippen LogP contribution >= 0.6 is 23.4 Å².